The number of carboxylic acid groups (broad SMARTS) is 1. The molecule has 1 aromatic carbocycles. The summed E-state index contributed by atoms with van der Waals surface area (Å²) >= 11 is 0. The Labute approximate surface area is 139 Å². The summed E-state index contributed by atoms with van der Waals surface area (Å²) in [6.45, 7) is 1.45. The van der Waals surface area contributed by atoms with E-state index in [-0.39, 0.29) is 12.0 Å². The van der Waals surface area contributed by atoms with E-state index < -0.39 is 11.6 Å². The maximum Gasteiger partial charge on any atom is 0.415 e. The van der Waals surface area contributed by atoms with Crippen LogP contribution in [-0.4, -0.2) is 42.5 Å². The zero-order chi connectivity index (χ0) is 16.7. The Morgan fingerprint density at radius 3 is 2.58 bits per heavy atom. The lowest BCUT2D eigenvalue weighted by molar-refractivity contribution is -0.144. The zero-order valence-electron chi connectivity index (χ0n) is 13.2. The molecule has 1 saturated carbocycles. The van der Waals surface area contributed by atoms with Crippen LogP contribution >= 0.6 is 0 Å². The van der Waals surface area contributed by atoms with Crippen molar-refractivity contribution in [2.45, 2.75) is 31.3 Å². The number of benzene rings is 1. The first-order chi connectivity index (χ1) is 11.6. The lowest BCUT2D eigenvalue weighted by Gasteiger charge is -2.33. The van der Waals surface area contributed by atoms with Crippen molar-refractivity contribution < 1.29 is 28.9 Å². The molecule has 0 radical (unpaired) electrons. The van der Waals surface area contributed by atoms with Gasteiger partial charge in [0.1, 0.15) is 18.8 Å². The van der Waals surface area contributed by atoms with E-state index >= 15 is 0 Å². The molecular weight excluding hydrogens is 314 g/mol. The largest absolute Gasteiger partial charge is 0.486 e. The SMILES string of the molecule is O=C(O)C1CCC2(CC1)CN(c1ccc3c(c1)OCCO3)C(=O)O2. The molecule has 7 heteroatoms. The highest BCUT2D eigenvalue weighted by Gasteiger charge is 2.48. The van der Waals surface area contributed by atoms with Gasteiger partial charge in [0, 0.05) is 6.07 Å². The maximum absolute atomic E-state index is 12.3. The maximum atomic E-state index is 12.3. The van der Waals surface area contributed by atoms with Gasteiger partial charge in [-0.25, -0.2) is 4.79 Å². The van der Waals surface area contributed by atoms with Crippen LogP contribution in [0, 0.1) is 5.92 Å². The number of aliphatic carboxylic acids is 1. The number of fused-ring (bicyclic) bond motifs is 1. The van der Waals surface area contributed by atoms with Crippen molar-refractivity contribution in [2.75, 3.05) is 24.7 Å². The van der Waals surface area contributed by atoms with E-state index in [1.165, 1.54) is 0 Å². The summed E-state index contributed by atoms with van der Waals surface area (Å²) in [6, 6.07) is 5.40. The normalized spacial score (nSPS) is 28.8. The Balaban J connectivity index is 1.52. The molecule has 1 amide bonds. The second-order valence-electron chi connectivity index (χ2n) is 6.58. The Bertz CT molecular complexity index is 680. The number of carbonyl (C=O) groups is 2. The zero-order valence-corrected chi connectivity index (χ0v) is 13.2. The summed E-state index contributed by atoms with van der Waals surface area (Å²) in [5.74, 6) is 0.201. The number of carboxylic acids is 1. The quantitative estimate of drug-likeness (QED) is 0.895. The molecule has 3 aliphatic rings. The van der Waals surface area contributed by atoms with Crippen LogP contribution in [0.2, 0.25) is 0 Å². The number of ether oxygens (including phenoxy) is 3. The van der Waals surface area contributed by atoms with Crippen molar-refractivity contribution in [1.82, 2.24) is 0 Å². The summed E-state index contributed by atoms with van der Waals surface area (Å²) in [7, 11) is 0. The first-order valence-corrected chi connectivity index (χ1v) is 8.19. The van der Waals surface area contributed by atoms with Crippen LogP contribution in [0.3, 0.4) is 0 Å². The van der Waals surface area contributed by atoms with E-state index in [1.807, 2.05) is 6.07 Å². The first kappa shape index (κ1) is 15.1. The van der Waals surface area contributed by atoms with Crippen LogP contribution in [0.15, 0.2) is 18.2 Å². The molecule has 0 unspecified atom stereocenters. The van der Waals surface area contributed by atoms with Gasteiger partial charge in [0.05, 0.1) is 18.2 Å². The second-order valence-corrected chi connectivity index (χ2v) is 6.58. The average Bonchev–Trinajstić information content (AvgIpc) is 2.91. The van der Waals surface area contributed by atoms with Crippen LogP contribution in [0.4, 0.5) is 10.5 Å². The number of rotatable bonds is 2. The second kappa shape index (κ2) is 5.58. The number of carbonyl (C=O) groups excluding carboxylic acids is 1. The van der Waals surface area contributed by atoms with Gasteiger partial charge in [-0.1, -0.05) is 0 Å². The highest BCUT2D eigenvalue weighted by atomic mass is 16.6. The fourth-order valence-electron chi connectivity index (χ4n) is 3.67. The lowest BCUT2D eigenvalue weighted by Crippen LogP contribution is -2.40. The predicted octanol–water partition coefficient (Wildman–Crippen LogP) is 2.43. The minimum absolute atomic E-state index is 0.335. The molecule has 0 atom stereocenters. The van der Waals surface area contributed by atoms with E-state index in [4.69, 9.17) is 19.3 Å². The molecule has 0 bridgehead atoms. The van der Waals surface area contributed by atoms with Gasteiger partial charge in [0.2, 0.25) is 0 Å². The van der Waals surface area contributed by atoms with Crippen LogP contribution in [-0.2, 0) is 9.53 Å². The predicted molar refractivity (Wildman–Crippen MR) is 83.6 cm³/mol. The monoisotopic (exact) mass is 333 g/mol. The molecule has 1 N–H and O–H groups in total. The molecule has 0 aromatic heterocycles. The number of amides is 1. The molecule has 2 fully saturated rings. The molecule has 1 aromatic rings. The van der Waals surface area contributed by atoms with Crippen molar-refractivity contribution in [1.29, 1.82) is 0 Å². The molecule has 1 saturated heterocycles. The third-order valence-electron chi connectivity index (χ3n) is 5.05. The number of hydrogen-bond acceptors (Lipinski definition) is 5. The van der Waals surface area contributed by atoms with E-state index in [0.29, 0.717) is 62.6 Å². The van der Waals surface area contributed by atoms with Crippen LogP contribution in [0.1, 0.15) is 25.7 Å². The Morgan fingerprint density at radius 1 is 1.17 bits per heavy atom. The van der Waals surface area contributed by atoms with Crippen molar-refractivity contribution in [3.63, 3.8) is 0 Å². The Hall–Kier alpha value is -2.44. The molecule has 128 valence electrons. The fraction of sp³-hybridized carbons (Fsp3) is 0.529. The highest BCUT2D eigenvalue weighted by molar-refractivity contribution is 5.90. The van der Waals surface area contributed by atoms with E-state index in [9.17, 15) is 9.59 Å². The standard InChI is InChI=1S/C17H19NO6/c19-15(20)11-3-5-17(6-4-11)10-18(16(21)24-17)12-1-2-13-14(9-12)23-8-7-22-13/h1-2,9,11H,3-8,10H2,(H,19,20). The Morgan fingerprint density at radius 2 is 1.88 bits per heavy atom. The van der Waals surface area contributed by atoms with Crippen molar-refractivity contribution >= 4 is 17.7 Å². The highest BCUT2D eigenvalue weighted by Crippen LogP contribution is 2.42. The van der Waals surface area contributed by atoms with Crippen LogP contribution < -0.4 is 14.4 Å². The summed E-state index contributed by atoms with van der Waals surface area (Å²) in [5.41, 5.74) is 0.137. The first-order valence-electron chi connectivity index (χ1n) is 8.19. The molecule has 1 aliphatic carbocycles. The number of hydrogen-bond donors (Lipinski definition) is 1. The summed E-state index contributed by atoms with van der Waals surface area (Å²) in [4.78, 5) is 25.0. The molecule has 24 heavy (non-hydrogen) atoms. The molecule has 4 rings (SSSR count). The van der Waals surface area contributed by atoms with Crippen LogP contribution in [0.5, 0.6) is 11.5 Å². The van der Waals surface area contributed by atoms with Crippen molar-refractivity contribution in [3.05, 3.63) is 18.2 Å². The topological polar surface area (TPSA) is 85.3 Å². The minimum atomic E-state index is -0.766. The molecule has 1 spiro atoms. The van der Waals surface area contributed by atoms with Crippen molar-refractivity contribution in [3.8, 4) is 11.5 Å². The summed E-state index contributed by atoms with van der Waals surface area (Å²) in [5, 5.41) is 9.12. The number of nitrogens with zero attached hydrogens (tertiary/aromatic N) is 1. The average molecular weight is 333 g/mol. The van der Waals surface area contributed by atoms with Gasteiger partial charge in [0.15, 0.2) is 11.5 Å². The minimum Gasteiger partial charge on any atom is -0.486 e. The van der Waals surface area contributed by atoms with E-state index in [2.05, 4.69) is 0 Å². The smallest absolute Gasteiger partial charge is 0.415 e. The molecule has 2 aliphatic heterocycles. The van der Waals surface area contributed by atoms with Crippen molar-refractivity contribution in [2.24, 2.45) is 5.92 Å². The third-order valence-corrected chi connectivity index (χ3v) is 5.05. The summed E-state index contributed by atoms with van der Waals surface area (Å²) < 4.78 is 16.7. The number of anilines is 1. The van der Waals surface area contributed by atoms with Gasteiger partial charge in [-0.15, -0.1) is 0 Å². The van der Waals surface area contributed by atoms with Gasteiger partial charge in [-0.3, -0.25) is 9.69 Å². The molecular formula is C17H19NO6. The van der Waals surface area contributed by atoms with E-state index in [1.54, 1.807) is 17.0 Å². The van der Waals surface area contributed by atoms with Crippen LogP contribution in [0.25, 0.3) is 0 Å². The van der Waals surface area contributed by atoms with Gasteiger partial charge in [0.25, 0.3) is 0 Å². The Kier molecular flexibility index (Phi) is 3.51. The lowest BCUT2D eigenvalue weighted by atomic mass is 9.79. The third kappa shape index (κ3) is 2.53. The van der Waals surface area contributed by atoms with E-state index in [0.717, 1.165) is 0 Å². The molecule has 7 nitrogen and oxygen atoms in total. The van der Waals surface area contributed by atoms with Gasteiger partial charge in [-0.2, -0.15) is 0 Å². The van der Waals surface area contributed by atoms with Gasteiger partial charge >= 0.3 is 12.1 Å². The fourth-order valence-corrected chi connectivity index (χ4v) is 3.67. The molecule has 2 heterocycles. The summed E-state index contributed by atoms with van der Waals surface area (Å²) in [6.07, 6.45) is 1.85. The van der Waals surface area contributed by atoms with Gasteiger partial charge in [-0.05, 0) is 37.8 Å². The van der Waals surface area contributed by atoms with Gasteiger partial charge < -0.3 is 19.3 Å².